The van der Waals surface area contributed by atoms with Crippen molar-refractivity contribution >= 4 is 23.6 Å². The zero-order valence-electron chi connectivity index (χ0n) is 15.1. The molecule has 0 saturated carbocycles. The van der Waals surface area contributed by atoms with Gasteiger partial charge in [-0.3, -0.25) is 10.1 Å². The SMILES string of the molecule is Cc1ccc(-n2nnnc2SCC(=O)Nc2cc(C(C)(C)C)no2)cc1. The summed E-state index contributed by atoms with van der Waals surface area (Å²) in [6.07, 6.45) is 0. The Hall–Kier alpha value is -2.68. The molecule has 9 heteroatoms. The number of hydrogen-bond acceptors (Lipinski definition) is 7. The second-order valence-electron chi connectivity index (χ2n) is 6.87. The molecule has 1 N–H and O–H groups in total. The smallest absolute Gasteiger partial charge is 0.237 e. The van der Waals surface area contributed by atoms with Crippen molar-refractivity contribution < 1.29 is 9.32 Å². The van der Waals surface area contributed by atoms with E-state index in [1.165, 1.54) is 11.8 Å². The molecule has 3 aromatic rings. The van der Waals surface area contributed by atoms with Crippen LogP contribution in [0.3, 0.4) is 0 Å². The van der Waals surface area contributed by atoms with Crippen LogP contribution in [0.5, 0.6) is 0 Å². The quantitative estimate of drug-likeness (QED) is 0.687. The third kappa shape index (κ3) is 4.29. The van der Waals surface area contributed by atoms with E-state index in [2.05, 4.69) is 26.0 Å². The van der Waals surface area contributed by atoms with Gasteiger partial charge < -0.3 is 4.52 Å². The third-order valence-electron chi connectivity index (χ3n) is 3.59. The predicted molar refractivity (Wildman–Crippen MR) is 98.4 cm³/mol. The molecule has 136 valence electrons. The lowest BCUT2D eigenvalue weighted by Gasteiger charge is -2.12. The van der Waals surface area contributed by atoms with Gasteiger partial charge >= 0.3 is 0 Å². The van der Waals surface area contributed by atoms with Gasteiger partial charge in [0, 0.05) is 11.5 Å². The van der Waals surface area contributed by atoms with Crippen molar-refractivity contribution in [3.05, 3.63) is 41.6 Å². The van der Waals surface area contributed by atoms with Gasteiger partial charge in [-0.15, -0.1) is 5.10 Å². The number of nitrogens with zero attached hydrogens (tertiary/aromatic N) is 5. The van der Waals surface area contributed by atoms with Gasteiger partial charge in [0.25, 0.3) is 0 Å². The van der Waals surface area contributed by atoms with Gasteiger partial charge in [-0.25, -0.2) is 0 Å². The minimum Gasteiger partial charge on any atom is -0.338 e. The Kier molecular flexibility index (Phi) is 5.08. The van der Waals surface area contributed by atoms with Crippen LogP contribution in [0.2, 0.25) is 0 Å². The van der Waals surface area contributed by atoms with Gasteiger partial charge in [0.2, 0.25) is 16.9 Å². The molecule has 0 aliphatic heterocycles. The lowest BCUT2D eigenvalue weighted by molar-refractivity contribution is -0.113. The summed E-state index contributed by atoms with van der Waals surface area (Å²) in [6, 6.07) is 9.55. The molecule has 0 aliphatic rings. The van der Waals surface area contributed by atoms with Crippen molar-refractivity contribution in [1.82, 2.24) is 25.4 Å². The summed E-state index contributed by atoms with van der Waals surface area (Å²) < 4.78 is 6.77. The number of aryl methyl sites for hydroxylation is 1. The normalized spacial score (nSPS) is 11.5. The van der Waals surface area contributed by atoms with Crippen molar-refractivity contribution in [3.63, 3.8) is 0 Å². The molecule has 26 heavy (non-hydrogen) atoms. The average molecular weight is 372 g/mol. The molecule has 2 heterocycles. The van der Waals surface area contributed by atoms with Gasteiger partial charge in [0.1, 0.15) is 0 Å². The second kappa shape index (κ2) is 7.28. The highest BCUT2D eigenvalue weighted by Gasteiger charge is 2.20. The maximum Gasteiger partial charge on any atom is 0.237 e. The Bertz CT molecular complexity index is 895. The van der Waals surface area contributed by atoms with Crippen LogP contribution >= 0.6 is 11.8 Å². The highest BCUT2D eigenvalue weighted by atomic mass is 32.2. The summed E-state index contributed by atoms with van der Waals surface area (Å²) in [6.45, 7) is 8.09. The van der Waals surface area contributed by atoms with Crippen LogP contribution in [0, 0.1) is 6.92 Å². The molecule has 8 nitrogen and oxygen atoms in total. The molecule has 1 aromatic carbocycles. The molecule has 0 unspecified atom stereocenters. The van der Waals surface area contributed by atoms with Crippen molar-refractivity contribution in [2.24, 2.45) is 0 Å². The largest absolute Gasteiger partial charge is 0.338 e. The van der Waals surface area contributed by atoms with Gasteiger partial charge in [0.05, 0.1) is 17.1 Å². The van der Waals surface area contributed by atoms with Gasteiger partial charge in [-0.05, 0) is 29.5 Å². The number of anilines is 1. The molecule has 0 spiro atoms. The van der Waals surface area contributed by atoms with E-state index in [-0.39, 0.29) is 17.1 Å². The number of amides is 1. The van der Waals surface area contributed by atoms with Crippen LogP contribution in [-0.2, 0) is 10.2 Å². The van der Waals surface area contributed by atoms with Crippen molar-refractivity contribution in [3.8, 4) is 5.69 Å². The first-order chi connectivity index (χ1) is 12.3. The molecular weight excluding hydrogens is 352 g/mol. The maximum atomic E-state index is 12.2. The lowest BCUT2D eigenvalue weighted by atomic mass is 9.92. The fraction of sp³-hybridized carbons (Fsp3) is 0.353. The number of aromatic nitrogens is 5. The molecule has 0 radical (unpaired) electrons. The Morgan fingerprint density at radius 3 is 2.65 bits per heavy atom. The molecule has 0 aliphatic carbocycles. The monoisotopic (exact) mass is 372 g/mol. The minimum absolute atomic E-state index is 0.142. The first-order valence-electron chi connectivity index (χ1n) is 8.08. The summed E-state index contributed by atoms with van der Waals surface area (Å²) in [5.74, 6) is 0.265. The van der Waals surface area contributed by atoms with E-state index < -0.39 is 0 Å². The lowest BCUT2D eigenvalue weighted by Crippen LogP contribution is -2.14. The zero-order valence-corrected chi connectivity index (χ0v) is 15.9. The molecule has 1 amide bonds. The average Bonchev–Trinajstić information content (AvgIpc) is 3.22. The van der Waals surface area contributed by atoms with Crippen LogP contribution in [0.25, 0.3) is 5.69 Å². The number of thioether (sulfide) groups is 1. The molecule has 0 atom stereocenters. The number of rotatable bonds is 5. The minimum atomic E-state index is -0.218. The number of carbonyl (C=O) groups excluding carboxylic acids is 1. The second-order valence-corrected chi connectivity index (χ2v) is 7.81. The van der Waals surface area contributed by atoms with Crippen LogP contribution < -0.4 is 5.32 Å². The standard InChI is InChI=1S/C17H20N6O2S/c1-11-5-7-12(8-6-11)23-16(19-21-22-23)26-10-14(24)18-15-9-13(20-25-15)17(2,3)4/h5-9H,10H2,1-4H3,(H,18,24). The molecule has 0 fully saturated rings. The summed E-state index contributed by atoms with van der Waals surface area (Å²) >= 11 is 1.25. The Morgan fingerprint density at radius 1 is 1.27 bits per heavy atom. The van der Waals surface area contributed by atoms with Gasteiger partial charge in [-0.2, -0.15) is 4.68 Å². The summed E-state index contributed by atoms with van der Waals surface area (Å²) in [5.41, 5.74) is 2.63. The Labute approximate surface area is 155 Å². The number of carbonyl (C=O) groups is 1. The van der Waals surface area contributed by atoms with Crippen molar-refractivity contribution in [2.45, 2.75) is 38.3 Å². The van der Waals surface area contributed by atoms with E-state index >= 15 is 0 Å². The number of hydrogen-bond donors (Lipinski definition) is 1. The molecule has 3 rings (SSSR count). The summed E-state index contributed by atoms with van der Waals surface area (Å²) in [5, 5.41) is 18.9. The Balaban J connectivity index is 1.61. The molecule has 0 bridgehead atoms. The number of nitrogens with one attached hydrogen (secondary N) is 1. The summed E-state index contributed by atoms with van der Waals surface area (Å²) in [7, 11) is 0. The summed E-state index contributed by atoms with van der Waals surface area (Å²) in [4.78, 5) is 12.2. The maximum absolute atomic E-state index is 12.2. The van der Waals surface area contributed by atoms with E-state index in [4.69, 9.17) is 4.52 Å². The van der Waals surface area contributed by atoms with E-state index in [1.807, 2.05) is 52.0 Å². The number of tetrazole rings is 1. The predicted octanol–water partition coefficient (Wildman–Crippen LogP) is 2.99. The first-order valence-corrected chi connectivity index (χ1v) is 9.07. The highest BCUT2D eigenvalue weighted by Crippen LogP contribution is 2.24. The van der Waals surface area contributed by atoms with Crippen LogP contribution in [0.1, 0.15) is 32.0 Å². The van der Waals surface area contributed by atoms with Crippen molar-refractivity contribution in [2.75, 3.05) is 11.1 Å². The van der Waals surface area contributed by atoms with E-state index in [0.29, 0.717) is 11.0 Å². The molecular formula is C17H20N6O2S. The van der Waals surface area contributed by atoms with Crippen molar-refractivity contribution in [1.29, 1.82) is 0 Å². The molecule has 2 aromatic heterocycles. The Morgan fingerprint density at radius 2 is 2.00 bits per heavy atom. The third-order valence-corrected chi connectivity index (χ3v) is 4.51. The van der Waals surface area contributed by atoms with Crippen LogP contribution in [0.4, 0.5) is 5.88 Å². The fourth-order valence-electron chi connectivity index (χ4n) is 2.11. The molecule has 0 saturated heterocycles. The first kappa shape index (κ1) is 18.1. The van der Waals surface area contributed by atoms with E-state index in [0.717, 1.165) is 16.9 Å². The van der Waals surface area contributed by atoms with Crippen LogP contribution in [0.15, 0.2) is 40.0 Å². The van der Waals surface area contributed by atoms with E-state index in [9.17, 15) is 4.79 Å². The topological polar surface area (TPSA) is 98.7 Å². The fourth-order valence-corrected chi connectivity index (χ4v) is 2.80. The van der Waals surface area contributed by atoms with E-state index in [1.54, 1.807) is 10.7 Å². The number of benzene rings is 1. The zero-order chi connectivity index (χ0) is 18.7. The van der Waals surface area contributed by atoms with Gasteiger partial charge in [0.15, 0.2) is 0 Å². The van der Waals surface area contributed by atoms with Gasteiger partial charge in [-0.1, -0.05) is 55.4 Å². The highest BCUT2D eigenvalue weighted by molar-refractivity contribution is 7.99. The van der Waals surface area contributed by atoms with Crippen LogP contribution in [-0.4, -0.2) is 37.0 Å².